The van der Waals surface area contributed by atoms with Crippen LogP contribution in [0.15, 0.2) is 30.6 Å². The smallest absolute Gasteiger partial charge is 0.242 e. The number of fused-ring (bicyclic) bond motifs is 1. The van der Waals surface area contributed by atoms with E-state index in [2.05, 4.69) is 20.5 Å². The zero-order valence-corrected chi connectivity index (χ0v) is 12.9. The van der Waals surface area contributed by atoms with Crippen LogP contribution in [0.4, 0.5) is 5.13 Å². The zero-order chi connectivity index (χ0) is 15.5. The number of nitrogens with two attached hydrogens (primary N) is 1. The first-order valence-corrected chi connectivity index (χ1v) is 7.74. The van der Waals surface area contributed by atoms with Crippen molar-refractivity contribution < 1.29 is 4.79 Å². The standard InChI is InChI=1S/C14H16N6OS/c1-9(20-8-17-10-4-2-3-5-11(10)20)13(21)16-7-6-12-18-19-14(15)22-12/h2-5,8-9H,6-7H2,1H3,(H2,15,19)(H,16,21). The summed E-state index contributed by atoms with van der Waals surface area (Å²) in [5.41, 5.74) is 7.35. The number of nitrogens with one attached hydrogen (secondary N) is 1. The van der Waals surface area contributed by atoms with Crippen LogP contribution in [0.1, 0.15) is 18.0 Å². The average molecular weight is 316 g/mol. The zero-order valence-electron chi connectivity index (χ0n) is 12.1. The van der Waals surface area contributed by atoms with E-state index in [1.165, 1.54) is 11.3 Å². The number of carbonyl (C=O) groups is 1. The monoisotopic (exact) mass is 316 g/mol. The molecule has 0 fully saturated rings. The molecular weight excluding hydrogens is 300 g/mol. The first-order valence-electron chi connectivity index (χ1n) is 6.92. The maximum absolute atomic E-state index is 12.3. The highest BCUT2D eigenvalue weighted by molar-refractivity contribution is 7.15. The summed E-state index contributed by atoms with van der Waals surface area (Å²) in [6, 6.07) is 7.42. The molecule has 0 bridgehead atoms. The lowest BCUT2D eigenvalue weighted by atomic mass is 10.2. The lowest BCUT2D eigenvalue weighted by Crippen LogP contribution is -2.32. The van der Waals surface area contributed by atoms with Crippen LogP contribution < -0.4 is 11.1 Å². The fourth-order valence-corrected chi connectivity index (χ4v) is 2.83. The van der Waals surface area contributed by atoms with Gasteiger partial charge in [0.25, 0.3) is 0 Å². The molecule has 114 valence electrons. The molecule has 0 saturated heterocycles. The topological polar surface area (TPSA) is 98.7 Å². The van der Waals surface area contributed by atoms with Crippen molar-refractivity contribution >= 4 is 33.4 Å². The molecule has 7 nitrogen and oxygen atoms in total. The van der Waals surface area contributed by atoms with Crippen LogP contribution in [0, 0.1) is 0 Å². The molecular formula is C14H16N6OS. The number of para-hydroxylation sites is 2. The molecule has 0 aliphatic rings. The Kier molecular flexibility index (Phi) is 4.01. The number of benzene rings is 1. The van der Waals surface area contributed by atoms with Crippen molar-refractivity contribution in [3.05, 3.63) is 35.6 Å². The predicted octanol–water partition coefficient (Wildman–Crippen LogP) is 1.39. The summed E-state index contributed by atoms with van der Waals surface area (Å²) in [7, 11) is 0. The first-order chi connectivity index (χ1) is 10.6. The van der Waals surface area contributed by atoms with Crippen LogP contribution >= 0.6 is 11.3 Å². The van der Waals surface area contributed by atoms with Gasteiger partial charge < -0.3 is 15.6 Å². The average Bonchev–Trinajstić information content (AvgIpc) is 3.12. The lowest BCUT2D eigenvalue weighted by molar-refractivity contribution is -0.123. The molecule has 1 atom stereocenters. The Balaban J connectivity index is 1.62. The van der Waals surface area contributed by atoms with Gasteiger partial charge >= 0.3 is 0 Å². The second-order valence-corrected chi connectivity index (χ2v) is 5.99. The number of aromatic nitrogens is 4. The third-order valence-electron chi connectivity index (χ3n) is 3.40. The fourth-order valence-electron chi connectivity index (χ4n) is 2.22. The van der Waals surface area contributed by atoms with E-state index in [1.807, 2.05) is 35.8 Å². The molecule has 0 aliphatic carbocycles. The van der Waals surface area contributed by atoms with E-state index in [0.717, 1.165) is 16.0 Å². The highest BCUT2D eigenvalue weighted by Crippen LogP contribution is 2.17. The van der Waals surface area contributed by atoms with E-state index < -0.39 is 0 Å². The van der Waals surface area contributed by atoms with Crippen molar-refractivity contribution in [3.8, 4) is 0 Å². The summed E-state index contributed by atoms with van der Waals surface area (Å²) in [6.07, 6.45) is 2.32. The van der Waals surface area contributed by atoms with Gasteiger partial charge in [0.2, 0.25) is 11.0 Å². The van der Waals surface area contributed by atoms with E-state index in [4.69, 9.17) is 5.73 Å². The molecule has 22 heavy (non-hydrogen) atoms. The van der Waals surface area contributed by atoms with Crippen molar-refractivity contribution in [1.82, 2.24) is 25.1 Å². The van der Waals surface area contributed by atoms with E-state index in [0.29, 0.717) is 18.1 Å². The van der Waals surface area contributed by atoms with E-state index in [9.17, 15) is 4.79 Å². The van der Waals surface area contributed by atoms with Crippen LogP contribution in [0.3, 0.4) is 0 Å². The molecule has 3 aromatic rings. The minimum atomic E-state index is -0.327. The van der Waals surface area contributed by atoms with Gasteiger partial charge in [0.15, 0.2) is 0 Å². The number of nitrogens with zero attached hydrogens (tertiary/aromatic N) is 4. The predicted molar refractivity (Wildman–Crippen MR) is 85.5 cm³/mol. The van der Waals surface area contributed by atoms with Gasteiger partial charge in [0.1, 0.15) is 11.0 Å². The second-order valence-electron chi connectivity index (χ2n) is 4.89. The molecule has 2 aromatic heterocycles. The number of hydrogen-bond donors (Lipinski definition) is 2. The van der Waals surface area contributed by atoms with Crippen LogP contribution in [0.2, 0.25) is 0 Å². The fraction of sp³-hybridized carbons (Fsp3) is 0.286. The summed E-state index contributed by atoms with van der Waals surface area (Å²) < 4.78 is 1.87. The number of anilines is 1. The maximum Gasteiger partial charge on any atom is 0.242 e. The Morgan fingerprint density at radius 3 is 3.00 bits per heavy atom. The summed E-state index contributed by atoms with van der Waals surface area (Å²) in [5.74, 6) is -0.0550. The third kappa shape index (κ3) is 2.91. The Hall–Kier alpha value is -2.48. The third-order valence-corrected chi connectivity index (χ3v) is 4.21. The van der Waals surface area contributed by atoms with Crippen molar-refractivity contribution in [2.75, 3.05) is 12.3 Å². The van der Waals surface area contributed by atoms with Crippen molar-refractivity contribution in [2.45, 2.75) is 19.4 Å². The van der Waals surface area contributed by atoms with Gasteiger partial charge in [-0.05, 0) is 19.1 Å². The molecule has 2 heterocycles. The SMILES string of the molecule is CC(C(=O)NCCc1nnc(N)s1)n1cnc2ccccc21. The molecule has 3 N–H and O–H groups in total. The number of carbonyl (C=O) groups excluding carboxylic acids is 1. The summed E-state index contributed by atoms with van der Waals surface area (Å²) in [6.45, 7) is 2.36. The van der Waals surface area contributed by atoms with Crippen LogP contribution in [0.5, 0.6) is 0 Å². The molecule has 1 amide bonds. The van der Waals surface area contributed by atoms with Gasteiger partial charge in [0, 0.05) is 13.0 Å². The van der Waals surface area contributed by atoms with Gasteiger partial charge in [-0.25, -0.2) is 4.98 Å². The van der Waals surface area contributed by atoms with Gasteiger partial charge in [-0.3, -0.25) is 4.79 Å². The van der Waals surface area contributed by atoms with Gasteiger partial charge in [0.05, 0.1) is 17.4 Å². The molecule has 1 aromatic carbocycles. The molecule has 0 radical (unpaired) electrons. The molecule has 1 unspecified atom stereocenters. The van der Waals surface area contributed by atoms with E-state index in [-0.39, 0.29) is 11.9 Å². The van der Waals surface area contributed by atoms with Crippen molar-refractivity contribution in [2.24, 2.45) is 0 Å². The van der Waals surface area contributed by atoms with Gasteiger partial charge in [-0.15, -0.1) is 10.2 Å². The Bertz CT molecular complexity index is 795. The second kappa shape index (κ2) is 6.10. The van der Waals surface area contributed by atoms with Crippen molar-refractivity contribution in [3.63, 3.8) is 0 Å². The number of imidazole rings is 1. The van der Waals surface area contributed by atoms with Crippen LogP contribution in [-0.4, -0.2) is 32.2 Å². The van der Waals surface area contributed by atoms with E-state index >= 15 is 0 Å². The Morgan fingerprint density at radius 2 is 2.23 bits per heavy atom. The Labute approximate surface area is 131 Å². The maximum atomic E-state index is 12.3. The number of nitrogen functional groups attached to an aromatic ring is 1. The van der Waals surface area contributed by atoms with E-state index in [1.54, 1.807) is 6.33 Å². The molecule has 0 saturated carbocycles. The van der Waals surface area contributed by atoms with Crippen LogP contribution in [-0.2, 0) is 11.2 Å². The number of amides is 1. The first kappa shape index (κ1) is 14.5. The largest absolute Gasteiger partial charge is 0.374 e. The van der Waals surface area contributed by atoms with Gasteiger partial charge in [-0.1, -0.05) is 23.5 Å². The van der Waals surface area contributed by atoms with Crippen molar-refractivity contribution in [1.29, 1.82) is 0 Å². The highest BCUT2D eigenvalue weighted by Gasteiger charge is 2.16. The highest BCUT2D eigenvalue weighted by atomic mass is 32.1. The molecule has 3 rings (SSSR count). The summed E-state index contributed by atoms with van der Waals surface area (Å²) >= 11 is 1.34. The summed E-state index contributed by atoms with van der Waals surface area (Å²) in [5, 5.41) is 11.8. The quantitative estimate of drug-likeness (QED) is 0.741. The summed E-state index contributed by atoms with van der Waals surface area (Å²) in [4.78, 5) is 16.6. The molecule has 0 spiro atoms. The molecule has 0 aliphatic heterocycles. The Morgan fingerprint density at radius 1 is 1.41 bits per heavy atom. The van der Waals surface area contributed by atoms with Crippen LogP contribution in [0.25, 0.3) is 11.0 Å². The lowest BCUT2D eigenvalue weighted by Gasteiger charge is -2.14. The van der Waals surface area contributed by atoms with Gasteiger partial charge in [-0.2, -0.15) is 0 Å². The minimum Gasteiger partial charge on any atom is -0.374 e. The molecule has 8 heteroatoms. The number of hydrogen-bond acceptors (Lipinski definition) is 6. The normalized spacial score (nSPS) is 12.4. The number of rotatable bonds is 5. The minimum absolute atomic E-state index is 0.0550.